The molecule has 0 aliphatic heterocycles. The number of nitrogens with zero attached hydrogens (tertiary/aromatic N) is 2. The minimum Gasteiger partial charge on any atom is -0.699 e. The number of nitrogens with one attached hydrogen (secondary N) is 2. The van der Waals surface area contributed by atoms with Gasteiger partial charge in [-0.15, -0.1) is 5.69 Å². The fraction of sp³-hybridized carbons (Fsp3) is 0.158. The van der Waals surface area contributed by atoms with E-state index in [1.165, 1.54) is 0 Å². The van der Waals surface area contributed by atoms with Crippen LogP contribution >= 0.6 is 0 Å². The average molecular weight is 442 g/mol. The van der Waals surface area contributed by atoms with Gasteiger partial charge >= 0.3 is 0 Å². The summed E-state index contributed by atoms with van der Waals surface area (Å²) >= 11 is 0. The van der Waals surface area contributed by atoms with E-state index in [4.69, 9.17) is 16.1 Å². The summed E-state index contributed by atoms with van der Waals surface area (Å²) in [7, 11) is 0. The predicted molar refractivity (Wildman–Crippen MR) is 101 cm³/mol. The standard InChI is InChI=1S/C19H18N3O.H3NO2.Y/c1-2-22(18(23)13-14-8-10-16(20)11-9-14)17-7-3-5-15-6-4-12-21-19(15)17;2-1-3;/h3-12,20H,2,13H2,1H3;1-3H;/q-1;;. The van der Waals surface area contributed by atoms with E-state index in [-0.39, 0.29) is 38.6 Å². The van der Waals surface area contributed by atoms with E-state index < -0.39 is 0 Å². The molecular weight excluding hydrogens is 421 g/mol. The molecule has 0 atom stereocenters. The molecule has 0 saturated heterocycles. The van der Waals surface area contributed by atoms with Crippen molar-refractivity contribution in [1.29, 1.82) is 0 Å². The van der Waals surface area contributed by atoms with E-state index in [0.29, 0.717) is 18.7 Å². The molecule has 3 rings (SSSR count). The maximum atomic E-state index is 12.7. The Kier molecular flexibility index (Phi) is 10.1. The van der Waals surface area contributed by atoms with E-state index in [2.05, 4.69) is 4.98 Å². The number of aromatic nitrogens is 1. The Morgan fingerprint density at radius 1 is 1.11 bits per heavy atom. The van der Waals surface area contributed by atoms with Crippen LogP contribution in [-0.2, 0) is 43.9 Å². The van der Waals surface area contributed by atoms with Gasteiger partial charge in [0.1, 0.15) is 0 Å². The first-order valence-electron chi connectivity index (χ1n) is 8.08. The number of rotatable bonds is 4. The van der Waals surface area contributed by atoms with Crippen molar-refractivity contribution in [2.24, 2.45) is 0 Å². The third kappa shape index (κ3) is 6.34. The predicted octanol–water partition coefficient (Wildman–Crippen LogP) is 3.87. The van der Waals surface area contributed by atoms with Crippen molar-refractivity contribution < 1.29 is 47.9 Å². The van der Waals surface area contributed by atoms with Gasteiger partial charge in [-0.05, 0) is 24.6 Å². The minimum absolute atomic E-state index is 0. The molecule has 8 heteroatoms. The minimum atomic E-state index is 0. The maximum absolute atomic E-state index is 12.7. The van der Waals surface area contributed by atoms with Gasteiger partial charge in [0.15, 0.2) is 0 Å². The van der Waals surface area contributed by atoms with Crippen molar-refractivity contribution >= 4 is 28.2 Å². The van der Waals surface area contributed by atoms with Crippen LogP contribution in [0.15, 0.2) is 60.8 Å². The first kappa shape index (κ1) is 23.1. The van der Waals surface area contributed by atoms with Crippen LogP contribution in [-0.4, -0.2) is 27.9 Å². The Morgan fingerprint density at radius 2 is 1.74 bits per heavy atom. The second kappa shape index (κ2) is 11.7. The fourth-order valence-corrected chi connectivity index (χ4v) is 2.68. The van der Waals surface area contributed by atoms with E-state index in [9.17, 15) is 4.79 Å². The van der Waals surface area contributed by atoms with Crippen LogP contribution in [0.5, 0.6) is 0 Å². The Bertz CT molecular complexity index is 854. The zero-order valence-corrected chi connectivity index (χ0v) is 17.8. The number of pyridine rings is 1. The summed E-state index contributed by atoms with van der Waals surface area (Å²) in [6, 6.07) is 16.8. The Balaban J connectivity index is 0.000000855. The van der Waals surface area contributed by atoms with Crippen molar-refractivity contribution in [3.05, 3.63) is 72.1 Å². The van der Waals surface area contributed by atoms with Gasteiger partial charge in [-0.2, -0.15) is 0 Å². The smallest absolute Gasteiger partial charge is 0.231 e. The molecular formula is C19H21N4O3Y-. The van der Waals surface area contributed by atoms with Crippen LogP contribution in [0.4, 0.5) is 11.4 Å². The Hall–Kier alpha value is -1.90. The molecule has 1 amide bonds. The second-order valence-corrected chi connectivity index (χ2v) is 5.46. The molecule has 2 aromatic carbocycles. The maximum Gasteiger partial charge on any atom is 0.231 e. The first-order valence-corrected chi connectivity index (χ1v) is 8.08. The molecule has 27 heavy (non-hydrogen) atoms. The van der Waals surface area contributed by atoms with E-state index >= 15 is 0 Å². The molecule has 4 N–H and O–H groups in total. The monoisotopic (exact) mass is 442 g/mol. The summed E-state index contributed by atoms with van der Waals surface area (Å²) < 4.78 is 0. The Labute approximate surface area is 183 Å². The molecule has 0 spiro atoms. The number of carbonyl (C=O) groups is 1. The third-order valence-electron chi connectivity index (χ3n) is 3.83. The van der Waals surface area contributed by atoms with E-state index in [1.807, 2.05) is 49.4 Å². The Morgan fingerprint density at radius 3 is 2.37 bits per heavy atom. The number of anilines is 1. The third-order valence-corrected chi connectivity index (χ3v) is 3.83. The summed E-state index contributed by atoms with van der Waals surface area (Å²) in [6.07, 6.45) is 2.06. The quantitative estimate of drug-likeness (QED) is 0.532. The number of para-hydroxylation sites is 1. The average Bonchev–Trinajstić information content (AvgIpc) is 2.65. The van der Waals surface area contributed by atoms with Crippen molar-refractivity contribution in [3.63, 3.8) is 0 Å². The van der Waals surface area contributed by atoms with Crippen molar-refractivity contribution in [2.45, 2.75) is 13.3 Å². The number of carbonyl (C=O) groups excluding carboxylic acids is 1. The van der Waals surface area contributed by atoms with Crippen LogP contribution in [0, 0.1) is 0 Å². The van der Waals surface area contributed by atoms with Gasteiger partial charge < -0.3 is 10.6 Å². The normalized spacial score (nSPS) is 9.74. The second-order valence-electron chi connectivity index (χ2n) is 5.46. The largest absolute Gasteiger partial charge is 0.699 e. The first-order chi connectivity index (χ1) is 12.6. The van der Waals surface area contributed by atoms with Crippen LogP contribution in [0.2, 0.25) is 0 Å². The number of benzene rings is 2. The van der Waals surface area contributed by atoms with E-state index in [0.717, 1.165) is 27.8 Å². The number of hydrogen-bond acceptors (Lipinski definition) is 5. The van der Waals surface area contributed by atoms with Gasteiger partial charge in [0.05, 0.1) is 17.6 Å². The molecule has 0 unspecified atom stereocenters. The molecule has 0 fully saturated rings. The van der Waals surface area contributed by atoms with Crippen LogP contribution in [0.25, 0.3) is 16.6 Å². The molecule has 1 heterocycles. The molecule has 0 bridgehead atoms. The van der Waals surface area contributed by atoms with Crippen LogP contribution in [0.3, 0.4) is 0 Å². The van der Waals surface area contributed by atoms with Crippen molar-refractivity contribution in [1.82, 2.24) is 10.6 Å². The van der Waals surface area contributed by atoms with Gasteiger partial charge in [0.2, 0.25) is 5.91 Å². The summed E-state index contributed by atoms with van der Waals surface area (Å²) in [4.78, 5) is 18.9. The zero-order valence-electron chi connectivity index (χ0n) is 15.0. The molecule has 0 saturated carbocycles. The van der Waals surface area contributed by atoms with Crippen molar-refractivity contribution in [3.8, 4) is 0 Å². The van der Waals surface area contributed by atoms with Gasteiger partial charge in [0.25, 0.3) is 0 Å². The molecule has 1 aromatic heterocycles. The fourth-order valence-electron chi connectivity index (χ4n) is 2.68. The van der Waals surface area contributed by atoms with Gasteiger partial charge in [0, 0.05) is 50.8 Å². The summed E-state index contributed by atoms with van der Waals surface area (Å²) in [5.41, 5.74) is 11.3. The summed E-state index contributed by atoms with van der Waals surface area (Å²) in [5, 5.41) is 14.8. The van der Waals surface area contributed by atoms with Gasteiger partial charge in [-0.1, -0.05) is 48.1 Å². The summed E-state index contributed by atoms with van der Waals surface area (Å²) in [5.74, 6) is 0.0309. The molecule has 3 aromatic rings. The molecule has 1 radical (unpaired) electrons. The SMILES string of the molecule is CCN(C(=O)Cc1ccc([NH-])cc1)c1cccc2cccnc12.ONO.[Y]. The number of hydrogen-bond donors (Lipinski definition) is 3. The number of likely N-dealkylation sites (N-methyl/N-ethyl adjacent to an activating group) is 1. The van der Waals surface area contributed by atoms with Crippen LogP contribution < -0.4 is 10.5 Å². The van der Waals surface area contributed by atoms with E-state index in [1.54, 1.807) is 23.2 Å². The number of amides is 1. The molecule has 7 nitrogen and oxygen atoms in total. The van der Waals surface area contributed by atoms with Gasteiger partial charge in [-0.25, -0.2) is 0 Å². The van der Waals surface area contributed by atoms with Crippen molar-refractivity contribution in [2.75, 3.05) is 11.4 Å². The topological polar surface area (TPSA) is 109 Å². The molecule has 139 valence electrons. The number of fused-ring (bicyclic) bond motifs is 1. The molecule has 0 aliphatic carbocycles. The zero-order chi connectivity index (χ0) is 18.9. The van der Waals surface area contributed by atoms with Crippen LogP contribution in [0.1, 0.15) is 12.5 Å². The summed E-state index contributed by atoms with van der Waals surface area (Å²) in [6.45, 7) is 2.55. The van der Waals surface area contributed by atoms with Gasteiger partial charge in [-0.3, -0.25) is 20.2 Å². The molecule has 0 aliphatic rings.